The van der Waals surface area contributed by atoms with Gasteiger partial charge in [-0.2, -0.15) is 5.10 Å². The van der Waals surface area contributed by atoms with Crippen LogP contribution in [-0.2, 0) is 6.42 Å². The van der Waals surface area contributed by atoms with Crippen LogP contribution in [0.2, 0.25) is 0 Å². The molecule has 1 N–H and O–H groups in total. The van der Waals surface area contributed by atoms with E-state index in [9.17, 15) is 4.79 Å². The van der Waals surface area contributed by atoms with E-state index in [0.717, 1.165) is 23.4 Å². The summed E-state index contributed by atoms with van der Waals surface area (Å²) >= 11 is 0. The van der Waals surface area contributed by atoms with Gasteiger partial charge in [0.1, 0.15) is 5.75 Å². The Morgan fingerprint density at radius 2 is 2.14 bits per heavy atom. The van der Waals surface area contributed by atoms with Crippen LogP contribution in [0.3, 0.4) is 0 Å². The number of nitrogens with one attached hydrogen (secondary N) is 1. The molecule has 114 valence electrons. The first-order valence-corrected chi connectivity index (χ1v) is 7.51. The van der Waals surface area contributed by atoms with Crippen LogP contribution in [0.1, 0.15) is 40.5 Å². The molecule has 5 nitrogen and oxygen atoms in total. The van der Waals surface area contributed by atoms with Gasteiger partial charge < -0.3 is 10.1 Å². The summed E-state index contributed by atoms with van der Waals surface area (Å²) < 4.78 is 5.18. The highest BCUT2D eigenvalue weighted by Crippen LogP contribution is 2.38. The highest BCUT2D eigenvalue weighted by atomic mass is 16.5. The molecule has 0 atom stereocenters. The molecule has 3 rings (SSSR count). The standard InChI is InChI=1S/C17H19N3O2/c1-22-14-4-2-3-12(11-14)9-10-18-17(21)16-8-7-15(19-20-16)13-5-6-13/h2-4,7-8,11,13H,5-6,9-10H2,1H3,(H,18,21). The molecule has 1 aliphatic rings. The predicted octanol–water partition coefficient (Wildman–Crippen LogP) is 2.34. The van der Waals surface area contributed by atoms with E-state index in [1.165, 1.54) is 12.8 Å². The van der Waals surface area contributed by atoms with Crippen LogP contribution in [0.25, 0.3) is 0 Å². The van der Waals surface area contributed by atoms with Crippen molar-refractivity contribution in [3.05, 3.63) is 53.3 Å². The molecule has 1 aromatic carbocycles. The zero-order valence-corrected chi connectivity index (χ0v) is 12.6. The molecule has 0 spiro atoms. The Morgan fingerprint density at radius 3 is 2.82 bits per heavy atom. The third-order valence-corrected chi connectivity index (χ3v) is 3.75. The van der Waals surface area contributed by atoms with Crippen molar-refractivity contribution in [2.24, 2.45) is 0 Å². The first-order valence-electron chi connectivity index (χ1n) is 7.51. The van der Waals surface area contributed by atoms with Crippen LogP contribution in [0.5, 0.6) is 5.75 Å². The van der Waals surface area contributed by atoms with Gasteiger partial charge >= 0.3 is 0 Å². The van der Waals surface area contributed by atoms with Gasteiger partial charge in [-0.1, -0.05) is 12.1 Å². The summed E-state index contributed by atoms with van der Waals surface area (Å²) in [6.45, 7) is 0.554. The Balaban J connectivity index is 1.51. The van der Waals surface area contributed by atoms with Gasteiger partial charge in [0.05, 0.1) is 12.8 Å². The van der Waals surface area contributed by atoms with Crippen molar-refractivity contribution in [1.29, 1.82) is 0 Å². The van der Waals surface area contributed by atoms with E-state index in [1.807, 2.05) is 30.3 Å². The summed E-state index contributed by atoms with van der Waals surface area (Å²) in [5.74, 6) is 1.20. The van der Waals surface area contributed by atoms with Crippen molar-refractivity contribution in [2.45, 2.75) is 25.2 Å². The summed E-state index contributed by atoms with van der Waals surface area (Å²) in [7, 11) is 1.64. The average molecular weight is 297 g/mol. The maximum atomic E-state index is 12.0. The highest BCUT2D eigenvalue weighted by molar-refractivity contribution is 5.92. The second kappa shape index (κ2) is 6.56. The fraction of sp³-hybridized carbons (Fsp3) is 0.353. The van der Waals surface area contributed by atoms with E-state index in [2.05, 4.69) is 15.5 Å². The zero-order valence-electron chi connectivity index (χ0n) is 12.6. The van der Waals surface area contributed by atoms with Gasteiger partial charge in [-0.15, -0.1) is 5.10 Å². The molecule has 0 unspecified atom stereocenters. The summed E-state index contributed by atoms with van der Waals surface area (Å²) in [5, 5.41) is 11.0. The number of methoxy groups -OCH3 is 1. The Kier molecular flexibility index (Phi) is 4.32. The van der Waals surface area contributed by atoms with E-state index in [0.29, 0.717) is 18.2 Å². The van der Waals surface area contributed by atoms with Gasteiger partial charge in [-0.3, -0.25) is 4.79 Å². The Morgan fingerprint density at radius 1 is 1.27 bits per heavy atom. The predicted molar refractivity (Wildman–Crippen MR) is 83.0 cm³/mol. The SMILES string of the molecule is COc1cccc(CCNC(=O)c2ccc(C3CC3)nn2)c1. The van der Waals surface area contributed by atoms with Crippen molar-refractivity contribution in [3.63, 3.8) is 0 Å². The molecular weight excluding hydrogens is 278 g/mol. The third kappa shape index (κ3) is 3.61. The van der Waals surface area contributed by atoms with Crippen molar-refractivity contribution < 1.29 is 9.53 Å². The van der Waals surface area contributed by atoms with E-state index >= 15 is 0 Å². The second-order valence-corrected chi connectivity index (χ2v) is 5.48. The van der Waals surface area contributed by atoms with Crippen LogP contribution in [0.15, 0.2) is 36.4 Å². The normalized spacial score (nSPS) is 13.7. The molecule has 0 radical (unpaired) electrons. The van der Waals surface area contributed by atoms with Crippen molar-refractivity contribution in [2.75, 3.05) is 13.7 Å². The van der Waals surface area contributed by atoms with Crippen LogP contribution in [0.4, 0.5) is 0 Å². The Labute approximate surface area is 129 Å². The molecule has 22 heavy (non-hydrogen) atoms. The minimum absolute atomic E-state index is 0.183. The molecule has 1 saturated carbocycles. The monoisotopic (exact) mass is 297 g/mol. The smallest absolute Gasteiger partial charge is 0.271 e. The summed E-state index contributed by atoms with van der Waals surface area (Å²) in [4.78, 5) is 12.0. The van der Waals surface area contributed by atoms with Gasteiger partial charge in [0.25, 0.3) is 5.91 Å². The number of carbonyl (C=O) groups is 1. The summed E-state index contributed by atoms with van der Waals surface area (Å²) in [5.41, 5.74) is 2.48. The van der Waals surface area contributed by atoms with Crippen LogP contribution < -0.4 is 10.1 Å². The number of carbonyl (C=O) groups excluding carboxylic acids is 1. The lowest BCUT2D eigenvalue weighted by atomic mass is 10.1. The fourth-order valence-electron chi connectivity index (χ4n) is 2.30. The molecule has 0 saturated heterocycles. The lowest BCUT2D eigenvalue weighted by Crippen LogP contribution is -2.26. The molecule has 0 aliphatic heterocycles. The number of benzene rings is 1. The number of hydrogen-bond donors (Lipinski definition) is 1. The number of aromatic nitrogens is 2. The van der Waals surface area contributed by atoms with Gasteiger partial charge in [-0.25, -0.2) is 0 Å². The first kappa shape index (κ1) is 14.5. The minimum Gasteiger partial charge on any atom is -0.497 e. The number of hydrogen-bond acceptors (Lipinski definition) is 4. The van der Waals surface area contributed by atoms with Gasteiger partial charge in [0.2, 0.25) is 0 Å². The summed E-state index contributed by atoms with van der Waals surface area (Å²) in [6, 6.07) is 11.5. The number of amides is 1. The maximum Gasteiger partial charge on any atom is 0.271 e. The molecule has 1 fully saturated rings. The van der Waals surface area contributed by atoms with Gasteiger partial charge in [-0.05, 0) is 49.1 Å². The lowest BCUT2D eigenvalue weighted by molar-refractivity contribution is 0.0948. The third-order valence-electron chi connectivity index (χ3n) is 3.75. The molecular formula is C17H19N3O2. The molecule has 0 bridgehead atoms. The van der Waals surface area contributed by atoms with Crippen molar-refractivity contribution in [1.82, 2.24) is 15.5 Å². The summed E-state index contributed by atoms with van der Waals surface area (Å²) in [6.07, 6.45) is 3.11. The Hall–Kier alpha value is -2.43. The molecule has 1 aliphatic carbocycles. The number of ether oxygens (including phenoxy) is 1. The molecule has 1 amide bonds. The highest BCUT2D eigenvalue weighted by Gasteiger charge is 2.25. The first-order chi connectivity index (χ1) is 10.8. The zero-order chi connectivity index (χ0) is 15.4. The maximum absolute atomic E-state index is 12.0. The van der Waals surface area contributed by atoms with Gasteiger partial charge in [0, 0.05) is 12.5 Å². The number of rotatable bonds is 6. The van der Waals surface area contributed by atoms with Crippen LogP contribution in [-0.4, -0.2) is 29.8 Å². The van der Waals surface area contributed by atoms with E-state index in [-0.39, 0.29) is 5.91 Å². The lowest BCUT2D eigenvalue weighted by Gasteiger charge is -2.06. The number of nitrogens with zero attached hydrogens (tertiary/aromatic N) is 2. The van der Waals surface area contributed by atoms with Crippen LogP contribution in [0, 0.1) is 0 Å². The van der Waals surface area contributed by atoms with E-state index in [4.69, 9.17) is 4.74 Å². The molecule has 1 heterocycles. The van der Waals surface area contributed by atoms with Crippen molar-refractivity contribution >= 4 is 5.91 Å². The van der Waals surface area contributed by atoms with Gasteiger partial charge in [0.15, 0.2) is 5.69 Å². The average Bonchev–Trinajstić information content (AvgIpc) is 3.40. The fourth-order valence-corrected chi connectivity index (χ4v) is 2.30. The second-order valence-electron chi connectivity index (χ2n) is 5.48. The minimum atomic E-state index is -0.183. The topological polar surface area (TPSA) is 64.1 Å². The quantitative estimate of drug-likeness (QED) is 0.889. The largest absolute Gasteiger partial charge is 0.497 e. The Bertz CT molecular complexity index is 651. The molecule has 5 heteroatoms. The van der Waals surface area contributed by atoms with E-state index < -0.39 is 0 Å². The molecule has 2 aromatic rings. The molecule has 1 aromatic heterocycles. The van der Waals surface area contributed by atoms with E-state index in [1.54, 1.807) is 13.2 Å². The van der Waals surface area contributed by atoms with Crippen molar-refractivity contribution in [3.8, 4) is 5.75 Å². The van der Waals surface area contributed by atoms with Crippen LogP contribution >= 0.6 is 0 Å².